The molecule has 1 aromatic heterocycles. The van der Waals surface area contributed by atoms with E-state index in [4.69, 9.17) is 4.52 Å². The highest BCUT2D eigenvalue weighted by atomic mass is 19.1. The maximum absolute atomic E-state index is 13.7. The first-order chi connectivity index (χ1) is 11.5. The molecular formula is C17H11F3N2O2. The van der Waals surface area contributed by atoms with Crippen molar-refractivity contribution in [1.82, 2.24) is 5.16 Å². The van der Waals surface area contributed by atoms with Crippen LogP contribution < -0.4 is 5.32 Å². The predicted octanol–water partition coefficient (Wildman–Crippen LogP) is 4.32. The topological polar surface area (TPSA) is 55.1 Å². The molecule has 0 radical (unpaired) electrons. The summed E-state index contributed by atoms with van der Waals surface area (Å²) in [6.45, 7) is 1.51. The zero-order valence-corrected chi connectivity index (χ0v) is 12.4. The van der Waals surface area contributed by atoms with Crippen molar-refractivity contribution in [2.75, 3.05) is 5.32 Å². The molecule has 0 bridgehead atoms. The first-order valence-corrected chi connectivity index (χ1v) is 6.94. The van der Waals surface area contributed by atoms with Crippen LogP contribution in [0.15, 0.2) is 47.0 Å². The number of aryl methyl sites for hydroxylation is 1. The monoisotopic (exact) mass is 332 g/mol. The smallest absolute Gasteiger partial charge is 0.261 e. The van der Waals surface area contributed by atoms with E-state index in [-0.39, 0.29) is 22.7 Å². The van der Waals surface area contributed by atoms with Gasteiger partial charge in [-0.3, -0.25) is 4.79 Å². The fourth-order valence-corrected chi connectivity index (χ4v) is 2.25. The highest BCUT2D eigenvalue weighted by Crippen LogP contribution is 2.27. The molecule has 0 aliphatic carbocycles. The van der Waals surface area contributed by atoms with Crippen LogP contribution in [0.4, 0.5) is 18.9 Å². The molecule has 0 saturated heterocycles. The summed E-state index contributed by atoms with van der Waals surface area (Å²) in [4.78, 5) is 12.4. The number of carbonyl (C=O) groups is 1. The van der Waals surface area contributed by atoms with Gasteiger partial charge in [0.15, 0.2) is 0 Å². The van der Waals surface area contributed by atoms with Crippen LogP contribution in [0.1, 0.15) is 16.1 Å². The zero-order chi connectivity index (χ0) is 17.3. The molecule has 7 heteroatoms. The van der Waals surface area contributed by atoms with Gasteiger partial charge in [0.2, 0.25) is 0 Å². The Morgan fingerprint density at radius 3 is 2.54 bits per heavy atom. The van der Waals surface area contributed by atoms with Gasteiger partial charge in [-0.1, -0.05) is 17.3 Å². The average Bonchev–Trinajstić information content (AvgIpc) is 2.92. The first kappa shape index (κ1) is 15.8. The van der Waals surface area contributed by atoms with Crippen LogP contribution in [-0.4, -0.2) is 11.1 Å². The third-order valence-electron chi connectivity index (χ3n) is 3.37. The lowest BCUT2D eigenvalue weighted by Gasteiger charge is -2.07. The zero-order valence-electron chi connectivity index (χ0n) is 12.4. The van der Waals surface area contributed by atoms with Gasteiger partial charge >= 0.3 is 0 Å². The normalized spacial score (nSPS) is 10.7. The molecule has 3 aromatic rings. The van der Waals surface area contributed by atoms with Gasteiger partial charge in [0.1, 0.15) is 34.5 Å². The number of aromatic nitrogens is 1. The molecule has 0 atom stereocenters. The molecule has 0 fully saturated rings. The number of carbonyl (C=O) groups excluding carboxylic acids is 1. The minimum atomic E-state index is -0.912. The summed E-state index contributed by atoms with van der Waals surface area (Å²) < 4.78 is 45.0. The number of amides is 1. The Morgan fingerprint density at radius 1 is 1.08 bits per heavy atom. The van der Waals surface area contributed by atoms with E-state index in [1.54, 1.807) is 6.07 Å². The van der Waals surface area contributed by atoms with Crippen LogP contribution in [0.2, 0.25) is 0 Å². The molecule has 0 saturated carbocycles. The number of nitrogens with zero attached hydrogens (tertiary/aromatic N) is 1. The van der Waals surface area contributed by atoms with Crippen molar-refractivity contribution in [1.29, 1.82) is 0 Å². The van der Waals surface area contributed by atoms with Crippen molar-refractivity contribution in [2.45, 2.75) is 6.92 Å². The van der Waals surface area contributed by atoms with E-state index in [9.17, 15) is 18.0 Å². The van der Waals surface area contributed by atoms with E-state index in [1.165, 1.54) is 25.1 Å². The van der Waals surface area contributed by atoms with Crippen molar-refractivity contribution < 1.29 is 22.5 Å². The molecule has 122 valence electrons. The van der Waals surface area contributed by atoms with E-state index in [0.717, 1.165) is 12.1 Å². The molecule has 2 aromatic carbocycles. The Morgan fingerprint density at radius 2 is 1.83 bits per heavy atom. The second kappa shape index (κ2) is 6.19. The SMILES string of the molecule is Cc1onc(-c2cccc(F)c2)c1C(=O)Nc1ccc(F)cc1F. The number of halogens is 3. The predicted molar refractivity (Wildman–Crippen MR) is 80.9 cm³/mol. The second-order valence-corrected chi connectivity index (χ2v) is 5.05. The summed E-state index contributed by atoms with van der Waals surface area (Å²) >= 11 is 0. The van der Waals surface area contributed by atoms with Crippen LogP contribution in [0.3, 0.4) is 0 Å². The molecule has 1 N–H and O–H groups in total. The first-order valence-electron chi connectivity index (χ1n) is 6.94. The lowest BCUT2D eigenvalue weighted by atomic mass is 10.1. The van der Waals surface area contributed by atoms with Crippen LogP contribution in [0, 0.1) is 24.4 Å². The molecule has 0 spiro atoms. The summed E-state index contributed by atoms with van der Waals surface area (Å²) in [7, 11) is 0. The number of benzene rings is 2. The molecule has 3 rings (SSSR count). The summed E-state index contributed by atoms with van der Waals surface area (Å²) in [5.74, 6) is -2.67. The third kappa shape index (κ3) is 3.01. The van der Waals surface area contributed by atoms with Gasteiger partial charge in [-0.15, -0.1) is 0 Å². The average molecular weight is 332 g/mol. The number of rotatable bonds is 3. The quantitative estimate of drug-likeness (QED) is 0.777. The summed E-state index contributed by atoms with van der Waals surface area (Å²) in [5, 5.41) is 6.10. The second-order valence-electron chi connectivity index (χ2n) is 5.05. The standard InChI is InChI=1S/C17H11F3N2O2/c1-9-15(16(22-24-9)10-3-2-4-11(18)7-10)17(23)21-14-6-5-12(19)8-13(14)20/h2-8H,1H3,(H,21,23). The van der Waals surface area contributed by atoms with Crippen molar-refractivity contribution in [2.24, 2.45) is 0 Å². The van der Waals surface area contributed by atoms with Gasteiger partial charge in [0, 0.05) is 11.6 Å². The van der Waals surface area contributed by atoms with E-state index in [2.05, 4.69) is 10.5 Å². The van der Waals surface area contributed by atoms with Crippen molar-refractivity contribution >= 4 is 11.6 Å². The molecule has 0 unspecified atom stereocenters. The Hall–Kier alpha value is -3.09. The van der Waals surface area contributed by atoms with Gasteiger partial charge in [-0.25, -0.2) is 13.2 Å². The number of anilines is 1. The fourth-order valence-electron chi connectivity index (χ4n) is 2.25. The molecule has 0 aliphatic heterocycles. The fraction of sp³-hybridized carbons (Fsp3) is 0.0588. The van der Waals surface area contributed by atoms with Gasteiger partial charge in [0.05, 0.1) is 5.69 Å². The Kier molecular flexibility index (Phi) is 4.07. The summed E-state index contributed by atoms with van der Waals surface area (Å²) in [6.07, 6.45) is 0. The molecule has 4 nitrogen and oxygen atoms in total. The third-order valence-corrected chi connectivity index (χ3v) is 3.37. The van der Waals surface area contributed by atoms with Crippen molar-refractivity contribution in [3.8, 4) is 11.3 Å². The highest BCUT2D eigenvalue weighted by molar-refractivity contribution is 6.08. The maximum Gasteiger partial charge on any atom is 0.261 e. The van der Waals surface area contributed by atoms with E-state index in [1.807, 2.05) is 0 Å². The summed E-state index contributed by atoms with van der Waals surface area (Å²) in [6, 6.07) is 8.27. The minimum absolute atomic E-state index is 0.0457. The minimum Gasteiger partial charge on any atom is -0.360 e. The number of hydrogen-bond donors (Lipinski definition) is 1. The van der Waals surface area contributed by atoms with Gasteiger partial charge in [-0.2, -0.15) is 0 Å². The summed E-state index contributed by atoms with van der Waals surface area (Å²) in [5.41, 5.74) is 0.333. The van der Waals surface area contributed by atoms with Gasteiger partial charge < -0.3 is 9.84 Å². The van der Waals surface area contributed by atoms with E-state index >= 15 is 0 Å². The molecule has 0 aliphatic rings. The lowest BCUT2D eigenvalue weighted by Crippen LogP contribution is -2.14. The number of hydrogen-bond acceptors (Lipinski definition) is 3. The highest BCUT2D eigenvalue weighted by Gasteiger charge is 2.22. The molecular weight excluding hydrogens is 321 g/mol. The van der Waals surface area contributed by atoms with Crippen LogP contribution >= 0.6 is 0 Å². The largest absolute Gasteiger partial charge is 0.360 e. The van der Waals surface area contributed by atoms with Crippen LogP contribution in [-0.2, 0) is 0 Å². The van der Waals surface area contributed by atoms with Crippen LogP contribution in [0.5, 0.6) is 0 Å². The molecule has 1 heterocycles. The van der Waals surface area contributed by atoms with E-state index < -0.39 is 23.4 Å². The molecule has 1 amide bonds. The Bertz CT molecular complexity index is 922. The van der Waals surface area contributed by atoms with Crippen molar-refractivity contribution in [3.05, 3.63) is 71.2 Å². The van der Waals surface area contributed by atoms with Crippen molar-refractivity contribution in [3.63, 3.8) is 0 Å². The number of nitrogens with one attached hydrogen (secondary N) is 1. The van der Waals surface area contributed by atoms with Gasteiger partial charge in [-0.05, 0) is 31.2 Å². The Labute approximate surface area is 134 Å². The lowest BCUT2D eigenvalue weighted by molar-refractivity contribution is 0.102. The van der Waals surface area contributed by atoms with Gasteiger partial charge in [0.25, 0.3) is 5.91 Å². The molecule has 24 heavy (non-hydrogen) atoms. The maximum atomic E-state index is 13.7. The Balaban J connectivity index is 1.97. The van der Waals surface area contributed by atoms with E-state index in [0.29, 0.717) is 11.6 Å². The van der Waals surface area contributed by atoms with Crippen LogP contribution in [0.25, 0.3) is 11.3 Å².